The minimum Gasteiger partial charge on any atom is -0.726 e. The predicted octanol–water partition coefficient (Wildman–Crippen LogP) is 8.85. The minimum absolute atomic E-state index is 0.240. The van der Waals surface area contributed by atoms with Crippen molar-refractivity contribution in [3.8, 4) is 0 Å². The van der Waals surface area contributed by atoms with Gasteiger partial charge in [-0.15, -0.1) is 0 Å². The molecule has 0 aromatic carbocycles. The van der Waals surface area contributed by atoms with Crippen molar-refractivity contribution >= 4 is 22.1 Å². The number of unbranched alkanes of at least 4 members (excludes halogenated alkanes) is 21. The third-order valence-corrected chi connectivity index (χ3v) is 9.31. The van der Waals surface area contributed by atoms with Crippen molar-refractivity contribution in [3.63, 3.8) is 0 Å². The molecule has 0 saturated heterocycles. The Labute approximate surface area is 273 Å². The van der Waals surface area contributed by atoms with Crippen LogP contribution in [0.2, 0.25) is 0 Å². The van der Waals surface area contributed by atoms with Gasteiger partial charge in [0, 0.05) is 12.8 Å². The molecule has 0 fully saturated rings. The lowest BCUT2D eigenvalue weighted by atomic mass is 10.0. The predicted molar refractivity (Wildman–Crippen MR) is 185 cm³/mol. The zero-order valence-electron chi connectivity index (χ0n) is 29.4. The quantitative estimate of drug-likeness (QED) is 0.0378. The standard InChI is InChI=1S/C34H67N3O.CH4O4S/c1-4-6-8-10-12-14-15-16-17-18-20-21-23-25-27-33-35-29-31-37(33,3)32-30-36-34(38)28-26-24-22-19-13-11-9-7-5-2;1-5-6(2,3)4/h4-32H2,1-3H3;1H3,(H,2,3,4). The zero-order valence-corrected chi connectivity index (χ0v) is 30.2. The zero-order chi connectivity index (χ0) is 32.8. The molecule has 1 heterocycles. The fraction of sp³-hybridized carbons (Fsp3) is 0.943. The second-order valence-corrected chi connectivity index (χ2v) is 14.1. The maximum Gasteiger partial charge on any atom is 0.220 e. The lowest BCUT2D eigenvalue weighted by Crippen LogP contribution is -2.51. The monoisotopic (exact) mass is 646 g/mol. The lowest BCUT2D eigenvalue weighted by molar-refractivity contribution is -0.814. The van der Waals surface area contributed by atoms with Gasteiger partial charge in [-0.2, -0.15) is 0 Å². The average Bonchev–Trinajstić information content (AvgIpc) is 3.36. The number of amides is 1. The van der Waals surface area contributed by atoms with Crippen LogP contribution in [0.25, 0.3) is 0 Å². The van der Waals surface area contributed by atoms with E-state index in [1.54, 1.807) is 0 Å². The van der Waals surface area contributed by atoms with Crippen LogP contribution < -0.4 is 5.32 Å². The summed E-state index contributed by atoms with van der Waals surface area (Å²) in [6, 6.07) is 0. The normalized spacial score (nSPS) is 16.4. The molecule has 1 aliphatic heterocycles. The van der Waals surface area contributed by atoms with Crippen molar-refractivity contribution in [1.82, 2.24) is 5.32 Å². The van der Waals surface area contributed by atoms with Gasteiger partial charge in [0.15, 0.2) is 5.84 Å². The molecule has 0 radical (unpaired) electrons. The molecule has 8 nitrogen and oxygen atoms in total. The fourth-order valence-corrected chi connectivity index (χ4v) is 5.89. The summed E-state index contributed by atoms with van der Waals surface area (Å²) in [4.78, 5) is 17.1. The van der Waals surface area contributed by atoms with Crippen molar-refractivity contribution in [2.24, 2.45) is 4.99 Å². The van der Waals surface area contributed by atoms with Crippen LogP contribution in [-0.2, 0) is 19.4 Å². The molecule has 1 aliphatic rings. The molecule has 1 atom stereocenters. The summed E-state index contributed by atoms with van der Waals surface area (Å²) in [5.74, 6) is 1.61. The molecule has 1 amide bonds. The Morgan fingerprint density at radius 2 is 1.14 bits per heavy atom. The molecule has 0 bridgehead atoms. The van der Waals surface area contributed by atoms with Gasteiger partial charge < -0.3 is 9.87 Å². The third kappa shape index (κ3) is 27.3. The molecule has 1 unspecified atom stereocenters. The van der Waals surface area contributed by atoms with Gasteiger partial charge in [0.1, 0.15) is 13.1 Å². The second kappa shape index (κ2) is 29.4. The highest BCUT2D eigenvalue weighted by molar-refractivity contribution is 7.80. The van der Waals surface area contributed by atoms with Crippen LogP contribution in [0.15, 0.2) is 4.99 Å². The highest BCUT2D eigenvalue weighted by Crippen LogP contribution is 2.18. The first-order valence-electron chi connectivity index (χ1n) is 18.3. The van der Waals surface area contributed by atoms with Crippen LogP contribution in [0.1, 0.15) is 174 Å². The number of likely N-dealkylation sites (N-methyl/N-ethyl adjacent to an activating group) is 1. The van der Waals surface area contributed by atoms with E-state index in [0.29, 0.717) is 6.42 Å². The van der Waals surface area contributed by atoms with Gasteiger partial charge in [-0.1, -0.05) is 149 Å². The van der Waals surface area contributed by atoms with E-state index in [4.69, 9.17) is 4.99 Å². The van der Waals surface area contributed by atoms with Gasteiger partial charge in [0.25, 0.3) is 0 Å². The molecule has 1 N–H and O–H groups in total. The van der Waals surface area contributed by atoms with Gasteiger partial charge in [0.05, 0.1) is 27.2 Å². The summed E-state index contributed by atoms with van der Waals surface area (Å²) in [6.45, 7) is 8.39. The molecule has 1 rings (SSSR count). The molecule has 9 heteroatoms. The molecular formula is C35H71N3O5S. The van der Waals surface area contributed by atoms with Gasteiger partial charge in [-0.05, 0) is 12.8 Å². The first-order chi connectivity index (χ1) is 21.2. The summed E-state index contributed by atoms with van der Waals surface area (Å²) in [6.07, 6.45) is 33.2. The van der Waals surface area contributed by atoms with E-state index in [1.165, 1.54) is 147 Å². The molecule has 44 heavy (non-hydrogen) atoms. The van der Waals surface area contributed by atoms with Crippen LogP contribution in [0.3, 0.4) is 0 Å². The average molecular weight is 646 g/mol. The Hall–Kier alpha value is -1.03. The topological polar surface area (TPSA) is 108 Å². The molecule has 0 saturated carbocycles. The lowest BCUT2D eigenvalue weighted by Gasteiger charge is -2.30. The minimum atomic E-state index is -4.41. The van der Waals surface area contributed by atoms with Crippen LogP contribution in [0.5, 0.6) is 0 Å². The van der Waals surface area contributed by atoms with Crippen LogP contribution in [0, 0.1) is 0 Å². The fourth-order valence-electron chi connectivity index (χ4n) is 5.89. The number of nitrogens with zero attached hydrogens (tertiary/aromatic N) is 2. The molecular weight excluding hydrogens is 574 g/mol. The number of rotatable bonds is 29. The summed E-state index contributed by atoms with van der Waals surface area (Å²) in [5, 5.41) is 3.19. The van der Waals surface area contributed by atoms with Crippen LogP contribution >= 0.6 is 0 Å². The number of hydrogen-bond donors (Lipinski definition) is 1. The van der Waals surface area contributed by atoms with Gasteiger partial charge in [-0.3, -0.25) is 13.5 Å². The Kier molecular flexibility index (Phi) is 28.7. The first-order valence-corrected chi connectivity index (χ1v) is 19.7. The number of carbonyl (C=O) groups excluding carboxylic acids is 1. The third-order valence-electron chi connectivity index (χ3n) is 8.90. The Morgan fingerprint density at radius 1 is 0.750 bits per heavy atom. The van der Waals surface area contributed by atoms with Crippen molar-refractivity contribution in [3.05, 3.63) is 0 Å². The van der Waals surface area contributed by atoms with Gasteiger partial charge >= 0.3 is 0 Å². The highest BCUT2D eigenvalue weighted by atomic mass is 32.3. The SMILES string of the molecule is CCCCCCCCCCCCCCCCC1=NCC[N+]1(C)CCNC(=O)CCCCCCCCCCC.COS(=O)(=O)[O-]. The van der Waals surface area contributed by atoms with Crippen LogP contribution in [-0.4, -0.2) is 69.5 Å². The number of nitrogens with one attached hydrogen (secondary N) is 1. The number of quaternary nitrogens is 1. The maximum absolute atomic E-state index is 12.3. The van der Waals surface area contributed by atoms with Gasteiger partial charge in [0.2, 0.25) is 16.3 Å². The maximum atomic E-state index is 12.3. The Balaban J connectivity index is 0.00000278. The van der Waals surface area contributed by atoms with E-state index in [9.17, 15) is 17.8 Å². The van der Waals surface area contributed by atoms with E-state index in [0.717, 1.165) is 50.6 Å². The molecule has 0 aromatic heterocycles. The van der Waals surface area contributed by atoms with E-state index < -0.39 is 10.4 Å². The number of carbonyl (C=O) groups is 1. The first kappa shape index (κ1) is 43.0. The van der Waals surface area contributed by atoms with E-state index in [1.807, 2.05) is 0 Å². The van der Waals surface area contributed by atoms with E-state index in [2.05, 4.69) is 30.4 Å². The molecule has 0 aromatic rings. The highest BCUT2D eigenvalue weighted by Gasteiger charge is 2.32. The Bertz CT molecular complexity index is 806. The van der Waals surface area contributed by atoms with E-state index in [-0.39, 0.29) is 5.91 Å². The van der Waals surface area contributed by atoms with Crippen molar-refractivity contribution in [1.29, 1.82) is 0 Å². The van der Waals surface area contributed by atoms with Crippen molar-refractivity contribution in [2.45, 2.75) is 174 Å². The van der Waals surface area contributed by atoms with Crippen LogP contribution in [0.4, 0.5) is 0 Å². The summed E-state index contributed by atoms with van der Waals surface area (Å²) >= 11 is 0. The number of hydrogen-bond acceptors (Lipinski definition) is 6. The molecule has 0 spiro atoms. The molecule has 0 aliphatic carbocycles. The van der Waals surface area contributed by atoms with Crippen molar-refractivity contribution in [2.75, 3.05) is 40.3 Å². The second-order valence-electron chi connectivity index (χ2n) is 13.0. The number of aliphatic imine (C=N–C) groups is 1. The van der Waals surface area contributed by atoms with Gasteiger partial charge in [-0.25, -0.2) is 13.4 Å². The Morgan fingerprint density at radius 3 is 1.55 bits per heavy atom. The smallest absolute Gasteiger partial charge is 0.220 e. The summed E-state index contributed by atoms with van der Waals surface area (Å²) in [7, 11) is -1.28. The van der Waals surface area contributed by atoms with Crippen molar-refractivity contribution < 1.29 is 26.4 Å². The van der Waals surface area contributed by atoms with E-state index >= 15 is 0 Å². The summed E-state index contributed by atoms with van der Waals surface area (Å²) in [5.41, 5.74) is 0. The largest absolute Gasteiger partial charge is 0.726 e. The summed E-state index contributed by atoms with van der Waals surface area (Å²) < 4.78 is 32.0. The number of amidine groups is 1. The molecule has 262 valence electrons.